The summed E-state index contributed by atoms with van der Waals surface area (Å²) in [6, 6.07) is 4.67. The number of amidine groups is 1. The maximum atomic E-state index is 8.66. The molecule has 1 heterocycles. The first-order chi connectivity index (χ1) is 9.10. The lowest BCUT2D eigenvalue weighted by Gasteiger charge is -2.08. The molecule has 0 amide bonds. The van der Waals surface area contributed by atoms with E-state index in [9.17, 15) is 0 Å². The fourth-order valence-corrected chi connectivity index (χ4v) is 1.83. The second-order valence-electron chi connectivity index (χ2n) is 3.40. The van der Waals surface area contributed by atoms with Gasteiger partial charge >= 0.3 is 0 Å². The van der Waals surface area contributed by atoms with Gasteiger partial charge in [0, 0.05) is 22.4 Å². The van der Waals surface area contributed by atoms with Crippen molar-refractivity contribution in [3.8, 4) is 11.6 Å². The van der Waals surface area contributed by atoms with E-state index in [1.807, 2.05) is 0 Å². The lowest BCUT2D eigenvalue weighted by Crippen LogP contribution is -2.16. The summed E-state index contributed by atoms with van der Waals surface area (Å²) in [4.78, 5) is 7.88. The molecule has 0 unspecified atom stereocenters. The van der Waals surface area contributed by atoms with E-state index >= 15 is 0 Å². The third-order valence-electron chi connectivity index (χ3n) is 2.07. The van der Waals surface area contributed by atoms with E-state index in [2.05, 4.69) is 15.1 Å². The largest absolute Gasteiger partial charge is 0.437 e. The molecule has 2 rings (SSSR count). The van der Waals surface area contributed by atoms with Crippen molar-refractivity contribution in [3.63, 3.8) is 0 Å². The minimum atomic E-state index is -0.212. The van der Waals surface area contributed by atoms with E-state index < -0.39 is 0 Å². The summed E-state index contributed by atoms with van der Waals surface area (Å²) < 4.78 is 5.48. The standard InChI is InChI=1S/C11H8Cl2N4O2/c12-6-3-7(13)5-8(4-6)19-11-9(10(14)17-18)15-1-2-16-11/h1-5,18H,(H2,14,17). The Hall–Kier alpha value is -2.05. The van der Waals surface area contributed by atoms with Crippen molar-refractivity contribution in [1.29, 1.82) is 0 Å². The van der Waals surface area contributed by atoms with Crippen LogP contribution in [0.15, 0.2) is 35.7 Å². The number of rotatable bonds is 3. The number of ether oxygens (including phenoxy) is 1. The highest BCUT2D eigenvalue weighted by molar-refractivity contribution is 6.34. The highest BCUT2D eigenvalue weighted by atomic mass is 35.5. The molecule has 0 atom stereocenters. The van der Waals surface area contributed by atoms with Crippen LogP contribution in [0, 0.1) is 0 Å². The highest BCUT2D eigenvalue weighted by Crippen LogP contribution is 2.28. The highest BCUT2D eigenvalue weighted by Gasteiger charge is 2.12. The molecule has 8 heteroatoms. The zero-order chi connectivity index (χ0) is 13.8. The Morgan fingerprint density at radius 2 is 1.79 bits per heavy atom. The second-order valence-corrected chi connectivity index (χ2v) is 4.28. The molecule has 98 valence electrons. The Balaban J connectivity index is 2.38. The molecule has 0 bridgehead atoms. The van der Waals surface area contributed by atoms with Gasteiger partial charge in [-0.25, -0.2) is 9.97 Å². The minimum absolute atomic E-state index is 0.0798. The summed E-state index contributed by atoms with van der Waals surface area (Å²) >= 11 is 11.7. The van der Waals surface area contributed by atoms with Crippen molar-refractivity contribution >= 4 is 29.0 Å². The Kier molecular flexibility index (Phi) is 4.03. The van der Waals surface area contributed by atoms with Crippen LogP contribution in [0.5, 0.6) is 11.6 Å². The Morgan fingerprint density at radius 3 is 2.42 bits per heavy atom. The van der Waals surface area contributed by atoms with Crippen LogP contribution in [-0.2, 0) is 0 Å². The van der Waals surface area contributed by atoms with Crippen LogP contribution in [-0.4, -0.2) is 21.0 Å². The summed E-state index contributed by atoms with van der Waals surface area (Å²) in [6.45, 7) is 0. The topological polar surface area (TPSA) is 93.6 Å². The van der Waals surface area contributed by atoms with Crippen molar-refractivity contribution in [2.45, 2.75) is 0 Å². The Labute approximate surface area is 118 Å². The fourth-order valence-electron chi connectivity index (χ4n) is 1.32. The molecule has 2 aromatic rings. The van der Waals surface area contributed by atoms with Gasteiger partial charge in [-0.2, -0.15) is 0 Å². The third kappa shape index (κ3) is 3.24. The van der Waals surface area contributed by atoms with Gasteiger partial charge in [-0.1, -0.05) is 28.4 Å². The van der Waals surface area contributed by atoms with Crippen molar-refractivity contribution in [1.82, 2.24) is 9.97 Å². The van der Waals surface area contributed by atoms with Gasteiger partial charge in [0.05, 0.1) is 0 Å². The van der Waals surface area contributed by atoms with Crippen molar-refractivity contribution < 1.29 is 9.94 Å². The van der Waals surface area contributed by atoms with Gasteiger partial charge in [-0.3, -0.25) is 0 Å². The summed E-state index contributed by atoms with van der Waals surface area (Å²) in [7, 11) is 0. The van der Waals surface area contributed by atoms with Crippen molar-refractivity contribution in [3.05, 3.63) is 46.3 Å². The van der Waals surface area contributed by atoms with E-state index in [1.54, 1.807) is 18.2 Å². The predicted molar refractivity (Wildman–Crippen MR) is 71.1 cm³/mol. The van der Waals surface area contributed by atoms with Crippen LogP contribution < -0.4 is 10.5 Å². The van der Waals surface area contributed by atoms with Gasteiger partial charge in [0.25, 0.3) is 0 Å². The number of nitrogens with two attached hydrogens (primary N) is 1. The molecule has 0 radical (unpaired) electrons. The van der Waals surface area contributed by atoms with E-state index in [1.165, 1.54) is 12.4 Å². The van der Waals surface area contributed by atoms with Crippen LogP contribution in [0.25, 0.3) is 0 Å². The van der Waals surface area contributed by atoms with Crippen molar-refractivity contribution in [2.75, 3.05) is 0 Å². The SMILES string of the molecule is NC(=NO)c1nccnc1Oc1cc(Cl)cc(Cl)c1. The fraction of sp³-hybridized carbons (Fsp3) is 0. The van der Waals surface area contributed by atoms with Crippen molar-refractivity contribution in [2.24, 2.45) is 10.9 Å². The normalized spacial score (nSPS) is 11.4. The van der Waals surface area contributed by atoms with Crippen LogP contribution in [0.1, 0.15) is 5.69 Å². The molecule has 1 aromatic heterocycles. The number of hydrogen-bond donors (Lipinski definition) is 2. The number of benzene rings is 1. The molecule has 0 aliphatic rings. The molecule has 0 saturated heterocycles. The lowest BCUT2D eigenvalue weighted by molar-refractivity contribution is 0.318. The molecule has 0 spiro atoms. The van der Waals surface area contributed by atoms with E-state index in [0.717, 1.165) is 0 Å². The molecule has 0 aliphatic carbocycles. The van der Waals surface area contributed by atoms with Gasteiger partial charge in [-0.15, -0.1) is 0 Å². The Bertz CT molecular complexity index is 614. The first kappa shape index (κ1) is 13.4. The molecule has 6 nitrogen and oxygen atoms in total. The van der Waals surface area contributed by atoms with Gasteiger partial charge in [0.2, 0.25) is 5.88 Å². The monoisotopic (exact) mass is 298 g/mol. The van der Waals surface area contributed by atoms with E-state index in [-0.39, 0.29) is 17.4 Å². The minimum Gasteiger partial charge on any atom is -0.437 e. The maximum absolute atomic E-state index is 8.66. The summed E-state index contributed by atoms with van der Waals surface area (Å²) in [5.41, 5.74) is 5.59. The number of oxime groups is 1. The summed E-state index contributed by atoms with van der Waals surface area (Å²) in [5, 5.41) is 12.3. The zero-order valence-corrected chi connectivity index (χ0v) is 10.9. The molecule has 3 N–H and O–H groups in total. The van der Waals surface area contributed by atoms with Gasteiger partial charge in [0.1, 0.15) is 5.75 Å². The van der Waals surface area contributed by atoms with Crippen LogP contribution in [0.2, 0.25) is 10.0 Å². The summed E-state index contributed by atoms with van der Waals surface area (Å²) in [6.07, 6.45) is 2.81. The molecular formula is C11H8Cl2N4O2. The molecule has 19 heavy (non-hydrogen) atoms. The molecule has 0 aliphatic heterocycles. The van der Waals surface area contributed by atoms with Crippen LogP contribution in [0.4, 0.5) is 0 Å². The zero-order valence-electron chi connectivity index (χ0n) is 9.42. The van der Waals surface area contributed by atoms with Crippen LogP contribution >= 0.6 is 23.2 Å². The van der Waals surface area contributed by atoms with Gasteiger partial charge in [-0.05, 0) is 18.2 Å². The number of aromatic nitrogens is 2. The van der Waals surface area contributed by atoms with Gasteiger partial charge in [0.15, 0.2) is 11.5 Å². The molecule has 0 saturated carbocycles. The average molecular weight is 299 g/mol. The maximum Gasteiger partial charge on any atom is 0.249 e. The molecule has 0 fully saturated rings. The van der Waals surface area contributed by atoms with E-state index in [0.29, 0.717) is 15.8 Å². The smallest absolute Gasteiger partial charge is 0.249 e. The van der Waals surface area contributed by atoms with Crippen LogP contribution in [0.3, 0.4) is 0 Å². The number of nitrogens with zero attached hydrogens (tertiary/aromatic N) is 3. The number of halogens is 2. The third-order valence-corrected chi connectivity index (χ3v) is 2.50. The van der Waals surface area contributed by atoms with Gasteiger partial charge < -0.3 is 15.7 Å². The molecular weight excluding hydrogens is 291 g/mol. The predicted octanol–water partition coefficient (Wildman–Crippen LogP) is 2.67. The summed E-state index contributed by atoms with van der Waals surface area (Å²) in [5.74, 6) is 0.234. The lowest BCUT2D eigenvalue weighted by atomic mass is 10.3. The number of hydrogen-bond acceptors (Lipinski definition) is 5. The van der Waals surface area contributed by atoms with E-state index in [4.69, 9.17) is 38.9 Å². The quantitative estimate of drug-likeness (QED) is 0.393. The molecule has 1 aromatic carbocycles. The average Bonchev–Trinajstić information content (AvgIpc) is 2.37. The first-order valence-corrected chi connectivity index (χ1v) is 5.78. The first-order valence-electron chi connectivity index (χ1n) is 5.03. The second kappa shape index (κ2) is 5.73. The Morgan fingerprint density at radius 1 is 1.16 bits per heavy atom.